The van der Waals surface area contributed by atoms with Crippen molar-refractivity contribution in [3.63, 3.8) is 0 Å². The van der Waals surface area contributed by atoms with Crippen LogP contribution in [-0.2, 0) is 4.79 Å². The van der Waals surface area contributed by atoms with Gasteiger partial charge in [-0.05, 0) is 45.4 Å². The van der Waals surface area contributed by atoms with Crippen molar-refractivity contribution in [2.24, 2.45) is 0 Å². The first-order valence-corrected chi connectivity index (χ1v) is 14.3. The van der Waals surface area contributed by atoms with Gasteiger partial charge in [0.25, 0.3) is 0 Å². The average Bonchev–Trinajstić information content (AvgIpc) is 2.74. The predicted octanol–water partition coefficient (Wildman–Crippen LogP) is 7.33. The number of carboxylic acid groups (broad SMARTS) is 1. The number of carbonyl (C=O) groups excluding carboxylic acids is 1. The van der Waals surface area contributed by atoms with Gasteiger partial charge in [0.1, 0.15) is 0 Å². The molecule has 0 heterocycles. The van der Waals surface area contributed by atoms with Gasteiger partial charge in [0.2, 0.25) is 0 Å². The highest BCUT2D eigenvalue weighted by Gasteiger charge is 2.11. The summed E-state index contributed by atoms with van der Waals surface area (Å²) in [6.07, 6.45) is 31.4. The summed E-state index contributed by atoms with van der Waals surface area (Å²) in [4.78, 5) is 8.89. The average molecular weight is 469 g/mol. The molecule has 0 saturated heterocycles. The number of nitrogens with one attached hydrogen (secondary N) is 1. The standard InChI is InChI=1S/C27H57N2.C2H4O2/c1-5-7-8-9-10-11-12-13-14-15-16-17-18-19-20-21-22-23-24-25-26-28-29(3,4)27-6-2;1-2(3)4/h13-14,28H,5-12,15-27H2,1-4H3;1H3,(H,3,4)/q+1;/p-1/b14-13-;. The Morgan fingerprint density at radius 2 is 1.03 bits per heavy atom. The first-order chi connectivity index (χ1) is 15.9. The van der Waals surface area contributed by atoms with Crippen molar-refractivity contribution in [1.29, 1.82) is 0 Å². The molecule has 0 spiro atoms. The molecule has 0 atom stereocenters. The van der Waals surface area contributed by atoms with Gasteiger partial charge >= 0.3 is 0 Å². The van der Waals surface area contributed by atoms with Crippen LogP contribution in [0.25, 0.3) is 0 Å². The van der Waals surface area contributed by atoms with E-state index in [1.54, 1.807) is 0 Å². The number of aliphatic carboxylic acids is 1. The summed E-state index contributed by atoms with van der Waals surface area (Å²) in [6.45, 7) is 7.91. The van der Waals surface area contributed by atoms with Gasteiger partial charge in [-0.1, -0.05) is 109 Å². The Balaban J connectivity index is 0. The molecule has 0 aliphatic heterocycles. The van der Waals surface area contributed by atoms with E-state index in [2.05, 4.69) is 45.5 Å². The van der Waals surface area contributed by atoms with E-state index in [1.807, 2.05) is 0 Å². The van der Waals surface area contributed by atoms with Crippen molar-refractivity contribution in [3.05, 3.63) is 12.2 Å². The van der Waals surface area contributed by atoms with Crippen LogP contribution in [-0.4, -0.2) is 37.7 Å². The summed E-state index contributed by atoms with van der Waals surface area (Å²) in [5.74, 6) is -1.08. The third-order valence-corrected chi connectivity index (χ3v) is 6.01. The third kappa shape index (κ3) is 35.9. The van der Waals surface area contributed by atoms with Crippen LogP contribution in [0.3, 0.4) is 0 Å². The number of unbranched alkanes of at least 4 members (excludes halogenated alkanes) is 16. The summed E-state index contributed by atoms with van der Waals surface area (Å²) >= 11 is 0. The topological polar surface area (TPSA) is 52.2 Å². The van der Waals surface area contributed by atoms with Crippen LogP contribution in [0.2, 0.25) is 0 Å². The number of quaternary nitrogens is 1. The molecule has 0 radical (unpaired) electrons. The number of hydrogen-bond donors (Lipinski definition) is 1. The highest BCUT2D eigenvalue weighted by molar-refractivity contribution is 5.60. The van der Waals surface area contributed by atoms with Gasteiger partial charge in [-0.3, -0.25) is 4.59 Å². The maximum absolute atomic E-state index is 8.89. The molecule has 0 unspecified atom stereocenters. The minimum Gasteiger partial charge on any atom is -0.550 e. The number of hydrogen-bond acceptors (Lipinski definition) is 3. The van der Waals surface area contributed by atoms with Crippen LogP contribution in [0.4, 0.5) is 0 Å². The normalized spacial score (nSPS) is 11.5. The molecular weight excluding hydrogens is 408 g/mol. The molecule has 1 N–H and O–H groups in total. The minimum atomic E-state index is -1.08. The van der Waals surface area contributed by atoms with Gasteiger partial charge in [0.05, 0.1) is 20.6 Å². The van der Waals surface area contributed by atoms with Crippen molar-refractivity contribution in [2.75, 3.05) is 27.2 Å². The largest absolute Gasteiger partial charge is 0.550 e. The van der Waals surface area contributed by atoms with Crippen LogP contribution < -0.4 is 10.5 Å². The smallest absolute Gasteiger partial charge is 0.0955 e. The minimum absolute atomic E-state index is 0.964. The van der Waals surface area contributed by atoms with Gasteiger partial charge in [0.15, 0.2) is 0 Å². The number of carbonyl (C=O) groups is 1. The summed E-state index contributed by atoms with van der Waals surface area (Å²) in [6, 6.07) is 0. The molecule has 33 heavy (non-hydrogen) atoms. The molecule has 0 rings (SSSR count). The Kier molecular flexibility index (Phi) is 28.5. The molecular formula is C29H60N2O2. The number of nitrogens with zero attached hydrogens (tertiary/aromatic N) is 1. The van der Waals surface area contributed by atoms with Crippen LogP contribution >= 0.6 is 0 Å². The fourth-order valence-electron chi connectivity index (χ4n) is 4.10. The lowest BCUT2D eigenvalue weighted by molar-refractivity contribution is -0.934. The third-order valence-electron chi connectivity index (χ3n) is 6.01. The molecule has 0 aliphatic rings. The molecule has 4 nitrogen and oxygen atoms in total. The summed E-state index contributed by atoms with van der Waals surface area (Å²) in [5, 5.41) is 8.89. The first kappa shape index (κ1) is 34.3. The maximum atomic E-state index is 8.89. The molecule has 0 amide bonds. The lowest BCUT2D eigenvalue weighted by Crippen LogP contribution is -2.52. The zero-order valence-corrected chi connectivity index (χ0v) is 23.3. The molecule has 0 bridgehead atoms. The number of rotatable bonds is 23. The van der Waals surface area contributed by atoms with E-state index in [1.165, 1.54) is 135 Å². The zero-order chi connectivity index (χ0) is 25.0. The van der Waals surface area contributed by atoms with Gasteiger partial charge in [-0.25, -0.2) is 0 Å². The van der Waals surface area contributed by atoms with E-state index in [4.69, 9.17) is 9.90 Å². The lowest BCUT2D eigenvalue weighted by atomic mass is 10.1. The SMILES string of the molecule is CC(=O)[O-].CCCCCCCC/C=C\CCCCCCCCCCCCN[N+](C)(C)CCC. The maximum Gasteiger partial charge on any atom is 0.0955 e. The molecule has 0 fully saturated rings. The predicted molar refractivity (Wildman–Crippen MR) is 144 cm³/mol. The van der Waals surface area contributed by atoms with Crippen molar-refractivity contribution < 1.29 is 14.5 Å². The second-order valence-electron chi connectivity index (χ2n) is 10.2. The van der Waals surface area contributed by atoms with Gasteiger partial charge in [-0.2, -0.15) is 5.43 Å². The van der Waals surface area contributed by atoms with Crippen LogP contribution in [0.1, 0.15) is 143 Å². The Bertz CT molecular complexity index is 418. The number of allylic oxidation sites excluding steroid dienone is 2. The van der Waals surface area contributed by atoms with Gasteiger partial charge < -0.3 is 9.90 Å². The fourth-order valence-corrected chi connectivity index (χ4v) is 4.10. The molecule has 0 aromatic heterocycles. The van der Waals surface area contributed by atoms with Crippen molar-refractivity contribution in [1.82, 2.24) is 5.43 Å². The second kappa shape index (κ2) is 27.4. The van der Waals surface area contributed by atoms with Crippen LogP contribution in [0.5, 0.6) is 0 Å². The summed E-state index contributed by atoms with van der Waals surface area (Å²) in [7, 11) is 4.55. The van der Waals surface area contributed by atoms with Gasteiger partial charge in [0, 0.05) is 12.5 Å². The Morgan fingerprint density at radius 3 is 1.42 bits per heavy atom. The quantitative estimate of drug-likeness (QED) is 0.0739. The van der Waals surface area contributed by atoms with E-state index in [9.17, 15) is 0 Å². The van der Waals surface area contributed by atoms with E-state index < -0.39 is 5.97 Å². The highest BCUT2D eigenvalue weighted by atomic mass is 16.4. The fraction of sp³-hybridized carbons (Fsp3) is 0.897. The van der Waals surface area contributed by atoms with Crippen molar-refractivity contribution >= 4 is 5.97 Å². The van der Waals surface area contributed by atoms with Crippen LogP contribution in [0, 0.1) is 0 Å². The Morgan fingerprint density at radius 1 is 0.667 bits per heavy atom. The lowest BCUT2D eigenvalue weighted by Gasteiger charge is -2.29. The molecule has 4 heteroatoms. The zero-order valence-electron chi connectivity index (χ0n) is 23.3. The second-order valence-corrected chi connectivity index (χ2v) is 10.2. The molecule has 0 aliphatic carbocycles. The first-order valence-electron chi connectivity index (χ1n) is 14.3. The van der Waals surface area contributed by atoms with E-state index >= 15 is 0 Å². The van der Waals surface area contributed by atoms with E-state index in [0.717, 1.165) is 11.5 Å². The monoisotopic (exact) mass is 468 g/mol. The molecule has 0 aromatic carbocycles. The number of carboxylic acids is 1. The van der Waals surface area contributed by atoms with Gasteiger partial charge in [-0.15, -0.1) is 0 Å². The molecule has 0 saturated carbocycles. The molecule has 0 aromatic rings. The summed E-state index contributed by atoms with van der Waals surface area (Å²) in [5.41, 5.74) is 3.65. The van der Waals surface area contributed by atoms with E-state index in [0.29, 0.717) is 0 Å². The van der Waals surface area contributed by atoms with Crippen LogP contribution in [0.15, 0.2) is 12.2 Å². The van der Waals surface area contributed by atoms with Crippen molar-refractivity contribution in [3.8, 4) is 0 Å². The highest BCUT2D eigenvalue weighted by Crippen LogP contribution is 2.12. The molecule has 198 valence electrons. The summed E-state index contributed by atoms with van der Waals surface area (Å²) < 4.78 is 0.964. The van der Waals surface area contributed by atoms with Crippen molar-refractivity contribution in [2.45, 2.75) is 143 Å². The Labute approximate surface area is 208 Å². The van der Waals surface area contributed by atoms with E-state index in [-0.39, 0.29) is 0 Å². The Hall–Kier alpha value is -0.870.